The molecule has 3 N–H and O–H groups in total. The number of hydrogen-bond donors (Lipinski definition) is 3. The third-order valence-electron chi connectivity index (χ3n) is 11.9. The Labute approximate surface area is 206 Å². The van der Waals surface area contributed by atoms with Gasteiger partial charge in [-0.15, -0.1) is 0 Å². The van der Waals surface area contributed by atoms with E-state index in [9.17, 15) is 20.1 Å². The molecule has 4 nitrogen and oxygen atoms in total. The summed E-state index contributed by atoms with van der Waals surface area (Å²) in [5, 5.41) is 31.3. The Bertz CT molecular complexity index is 886. The molecule has 4 heteroatoms. The fraction of sp³-hybridized carbons (Fsp3) is 0.833. The number of aliphatic hydroxyl groups is 2. The van der Waals surface area contributed by atoms with Crippen molar-refractivity contribution in [3.8, 4) is 0 Å². The molecular formula is C30H48O4. The SMILES string of the molecule is C=C(C)[C@@H](O)CC[C@@H](C(=O)O)[C@H]1CC[C@@]2(C)C3=C(CC[C@]12C)[C@@]1(C)CC[C@H](O)C(C)(C)C1CC3. The third kappa shape index (κ3) is 3.57. The number of aliphatic hydroxyl groups excluding tert-OH is 2. The van der Waals surface area contributed by atoms with E-state index in [0.717, 1.165) is 51.4 Å². The van der Waals surface area contributed by atoms with E-state index >= 15 is 0 Å². The maximum absolute atomic E-state index is 12.5. The predicted molar refractivity (Wildman–Crippen MR) is 136 cm³/mol. The van der Waals surface area contributed by atoms with Crippen LogP contribution in [0.4, 0.5) is 0 Å². The van der Waals surface area contributed by atoms with E-state index in [1.54, 1.807) is 11.1 Å². The summed E-state index contributed by atoms with van der Waals surface area (Å²) >= 11 is 0. The van der Waals surface area contributed by atoms with Gasteiger partial charge in [0.05, 0.1) is 18.1 Å². The van der Waals surface area contributed by atoms with Gasteiger partial charge in [-0.3, -0.25) is 4.79 Å². The van der Waals surface area contributed by atoms with Crippen molar-refractivity contribution < 1.29 is 20.1 Å². The van der Waals surface area contributed by atoms with Gasteiger partial charge in [0.25, 0.3) is 0 Å². The summed E-state index contributed by atoms with van der Waals surface area (Å²) in [6, 6.07) is 0. The van der Waals surface area contributed by atoms with E-state index in [1.807, 2.05) is 6.92 Å². The molecule has 0 spiro atoms. The molecule has 0 saturated heterocycles. The minimum Gasteiger partial charge on any atom is -0.481 e. The topological polar surface area (TPSA) is 77.8 Å². The van der Waals surface area contributed by atoms with Crippen LogP contribution in [0.1, 0.15) is 106 Å². The van der Waals surface area contributed by atoms with Gasteiger partial charge in [-0.05, 0) is 105 Å². The summed E-state index contributed by atoms with van der Waals surface area (Å²) in [4.78, 5) is 12.5. The van der Waals surface area contributed by atoms with Gasteiger partial charge in [-0.1, -0.05) is 57.9 Å². The van der Waals surface area contributed by atoms with E-state index in [1.165, 1.54) is 0 Å². The molecule has 4 aliphatic carbocycles. The lowest BCUT2D eigenvalue weighted by Gasteiger charge is -2.62. The molecule has 192 valence electrons. The molecule has 1 unspecified atom stereocenters. The summed E-state index contributed by atoms with van der Waals surface area (Å²) < 4.78 is 0. The number of carboxylic acids is 1. The Morgan fingerprint density at radius 2 is 1.68 bits per heavy atom. The van der Waals surface area contributed by atoms with Crippen LogP contribution in [0.3, 0.4) is 0 Å². The lowest BCUT2D eigenvalue weighted by atomic mass is 9.43. The second kappa shape index (κ2) is 8.47. The average molecular weight is 473 g/mol. The first-order valence-corrected chi connectivity index (χ1v) is 13.7. The van der Waals surface area contributed by atoms with Crippen LogP contribution in [0, 0.1) is 39.4 Å². The van der Waals surface area contributed by atoms with Crippen molar-refractivity contribution in [3.05, 3.63) is 23.3 Å². The maximum Gasteiger partial charge on any atom is 0.306 e. The molecule has 0 bridgehead atoms. The summed E-state index contributed by atoms with van der Waals surface area (Å²) in [6.07, 6.45) is 8.43. The van der Waals surface area contributed by atoms with Gasteiger partial charge in [0.2, 0.25) is 0 Å². The van der Waals surface area contributed by atoms with Crippen molar-refractivity contribution >= 4 is 5.97 Å². The molecule has 0 aliphatic heterocycles. The molecule has 4 aliphatic rings. The number of rotatable bonds is 6. The van der Waals surface area contributed by atoms with E-state index in [-0.39, 0.29) is 33.7 Å². The first kappa shape index (κ1) is 25.9. The number of aliphatic carboxylic acids is 1. The van der Waals surface area contributed by atoms with Gasteiger partial charge in [0.1, 0.15) is 0 Å². The second-order valence-corrected chi connectivity index (χ2v) is 13.6. The molecule has 2 fully saturated rings. The maximum atomic E-state index is 12.5. The average Bonchev–Trinajstić information content (AvgIpc) is 3.02. The number of allylic oxidation sites excluding steroid dienone is 2. The van der Waals surface area contributed by atoms with Crippen LogP contribution in [-0.2, 0) is 4.79 Å². The summed E-state index contributed by atoms with van der Waals surface area (Å²) in [6.45, 7) is 17.5. The lowest BCUT2D eigenvalue weighted by molar-refractivity contribution is -0.147. The fourth-order valence-corrected chi connectivity index (χ4v) is 9.44. The van der Waals surface area contributed by atoms with Crippen LogP contribution in [0.5, 0.6) is 0 Å². The highest BCUT2D eigenvalue weighted by Crippen LogP contribution is 2.72. The van der Waals surface area contributed by atoms with Crippen molar-refractivity contribution in [2.45, 2.75) is 118 Å². The molecule has 4 rings (SSSR count). The fourth-order valence-electron chi connectivity index (χ4n) is 9.44. The van der Waals surface area contributed by atoms with E-state index in [4.69, 9.17) is 0 Å². The number of hydrogen-bond acceptors (Lipinski definition) is 3. The second-order valence-electron chi connectivity index (χ2n) is 13.6. The van der Waals surface area contributed by atoms with Gasteiger partial charge in [-0.2, -0.15) is 0 Å². The highest BCUT2D eigenvalue weighted by Gasteiger charge is 2.64. The predicted octanol–water partition coefficient (Wildman–Crippen LogP) is 6.51. The van der Waals surface area contributed by atoms with Crippen molar-refractivity contribution in [3.63, 3.8) is 0 Å². The van der Waals surface area contributed by atoms with Crippen LogP contribution >= 0.6 is 0 Å². The van der Waals surface area contributed by atoms with Gasteiger partial charge in [0.15, 0.2) is 0 Å². The third-order valence-corrected chi connectivity index (χ3v) is 11.9. The van der Waals surface area contributed by atoms with Crippen LogP contribution in [-0.4, -0.2) is 33.5 Å². The normalized spacial score (nSPS) is 42.9. The molecule has 0 radical (unpaired) electrons. The highest BCUT2D eigenvalue weighted by atomic mass is 16.4. The zero-order valence-electron chi connectivity index (χ0n) is 22.4. The Hall–Kier alpha value is -1.13. The van der Waals surface area contributed by atoms with Crippen LogP contribution < -0.4 is 0 Å². The van der Waals surface area contributed by atoms with Gasteiger partial charge >= 0.3 is 5.97 Å². The van der Waals surface area contributed by atoms with E-state index in [0.29, 0.717) is 24.3 Å². The Balaban J connectivity index is 1.67. The summed E-state index contributed by atoms with van der Waals surface area (Å²) in [7, 11) is 0. The van der Waals surface area contributed by atoms with Gasteiger partial charge in [-0.25, -0.2) is 0 Å². The zero-order valence-corrected chi connectivity index (χ0v) is 22.4. The highest BCUT2D eigenvalue weighted by molar-refractivity contribution is 5.70. The van der Waals surface area contributed by atoms with Crippen molar-refractivity contribution in [2.24, 2.45) is 39.4 Å². The molecule has 0 heterocycles. The minimum atomic E-state index is -0.706. The lowest BCUT2D eigenvalue weighted by Crippen LogP contribution is -2.55. The first-order chi connectivity index (χ1) is 15.7. The minimum absolute atomic E-state index is 0.0318. The quantitative estimate of drug-likeness (QED) is 0.385. The van der Waals surface area contributed by atoms with Crippen LogP contribution in [0.25, 0.3) is 0 Å². The number of carbonyl (C=O) groups is 1. The Morgan fingerprint density at radius 3 is 2.29 bits per heavy atom. The summed E-state index contributed by atoms with van der Waals surface area (Å²) in [5.41, 5.74) is 4.11. The molecule has 0 aromatic carbocycles. The smallest absolute Gasteiger partial charge is 0.306 e. The van der Waals surface area contributed by atoms with Crippen LogP contribution in [0.15, 0.2) is 23.3 Å². The molecular weight excluding hydrogens is 424 g/mol. The largest absolute Gasteiger partial charge is 0.481 e. The van der Waals surface area contributed by atoms with Crippen molar-refractivity contribution in [1.29, 1.82) is 0 Å². The standard InChI is InChI=1S/C30H48O4/c1-18(2)23(31)10-8-19(26(33)34)20-12-16-30(7)22-9-11-24-27(3,4)25(32)14-15-28(24,5)21(22)13-17-29(20,30)6/h19-20,23-25,31-32H,1,8-17H2,2-7H3,(H,33,34)/t19-,20-,23+,24?,25+,28-,29-,30+/m1/s1. The molecule has 0 aromatic heterocycles. The molecule has 0 amide bonds. The summed E-state index contributed by atoms with van der Waals surface area (Å²) in [5.74, 6) is -0.485. The van der Waals surface area contributed by atoms with E-state index < -0.39 is 18.0 Å². The van der Waals surface area contributed by atoms with Crippen LogP contribution in [0.2, 0.25) is 0 Å². The Morgan fingerprint density at radius 1 is 1.00 bits per heavy atom. The number of carboxylic acid groups (broad SMARTS) is 1. The number of fused-ring (bicyclic) bond motifs is 4. The van der Waals surface area contributed by atoms with E-state index in [2.05, 4.69) is 41.2 Å². The van der Waals surface area contributed by atoms with Crippen molar-refractivity contribution in [2.75, 3.05) is 0 Å². The molecule has 8 atom stereocenters. The Kier molecular flexibility index (Phi) is 6.47. The first-order valence-electron chi connectivity index (χ1n) is 13.7. The zero-order chi connectivity index (χ0) is 25.3. The molecule has 0 aromatic rings. The van der Waals surface area contributed by atoms with Gasteiger partial charge in [0, 0.05) is 0 Å². The molecule has 34 heavy (non-hydrogen) atoms. The van der Waals surface area contributed by atoms with Gasteiger partial charge < -0.3 is 15.3 Å². The molecule has 2 saturated carbocycles. The monoisotopic (exact) mass is 472 g/mol. The van der Waals surface area contributed by atoms with Crippen molar-refractivity contribution in [1.82, 2.24) is 0 Å².